The van der Waals surface area contributed by atoms with E-state index in [2.05, 4.69) is 12.2 Å². The summed E-state index contributed by atoms with van der Waals surface area (Å²) >= 11 is 0. The third kappa shape index (κ3) is 3.09. The molecule has 0 radical (unpaired) electrons. The molecule has 2 rings (SSSR count). The molecule has 3 amide bonds. The maximum Gasteiger partial charge on any atom is 0.324 e. The first-order valence-electron chi connectivity index (χ1n) is 6.32. The number of imide groups is 1. The molecule has 0 atom stereocenters. The van der Waals surface area contributed by atoms with Crippen molar-refractivity contribution in [2.24, 2.45) is 5.92 Å². The van der Waals surface area contributed by atoms with Gasteiger partial charge in [0, 0.05) is 18.7 Å². The van der Waals surface area contributed by atoms with Crippen molar-refractivity contribution in [1.29, 1.82) is 0 Å². The Hall–Kier alpha value is -1.84. The van der Waals surface area contributed by atoms with Crippen LogP contribution in [0.5, 0.6) is 0 Å². The van der Waals surface area contributed by atoms with Crippen molar-refractivity contribution in [1.82, 2.24) is 10.2 Å². The fourth-order valence-corrected chi connectivity index (χ4v) is 2.05. The average Bonchev–Trinajstić information content (AvgIpc) is 2.40. The number of hydrogen-bond donors (Lipinski definition) is 1. The van der Waals surface area contributed by atoms with Gasteiger partial charge in [-0.1, -0.05) is 25.1 Å². The number of carbonyl (C=O) groups is 2. The molecule has 4 nitrogen and oxygen atoms in total. The van der Waals surface area contributed by atoms with Crippen molar-refractivity contribution < 1.29 is 9.59 Å². The van der Waals surface area contributed by atoms with Crippen LogP contribution in [0.15, 0.2) is 30.3 Å². The van der Waals surface area contributed by atoms with E-state index < -0.39 is 0 Å². The number of amides is 3. The van der Waals surface area contributed by atoms with Crippen LogP contribution in [0.4, 0.5) is 4.79 Å². The topological polar surface area (TPSA) is 49.4 Å². The molecule has 0 saturated carbocycles. The number of rotatable bonds is 1. The Balaban J connectivity index is 1.90. The highest BCUT2D eigenvalue weighted by Gasteiger charge is 2.21. The lowest BCUT2D eigenvalue weighted by Gasteiger charge is -2.29. The summed E-state index contributed by atoms with van der Waals surface area (Å²) in [7, 11) is 0. The van der Waals surface area contributed by atoms with E-state index in [4.69, 9.17) is 0 Å². The van der Waals surface area contributed by atoms with Gasteiger partial charge in [0.1, 0.15) is 0 Å². The fourth-order valence-electron chi connectivity index (χ4n) is 2.05. The minimum Gasteiger partial charge on any atom is -0.324 e. The lowest BCUT2D eigenvalue weighted by Crippen LogP contribution is -2.46. The predicted molar refractivity (Wildman–Crippen MR) is 69.3 cm³/mol. The molecular weight excluding hydrogens is 228 g/mol. The second-order valence-corrected chi connectivity index (χ2v) is 4.79. The predicted octanol–water partition coefficient (Wildman–Crippen LogP) is 2.27. The van der Waals surface area contributed by atoms with Crippen LogP contribution >= 0.6 is 0 Å². The Morgan fingerprint density at radius 2 is 1.78 bits per heavy atom. The summed E-state index contributed by atoms with van der Waals surface area (Å²) in [6, 6.07) is 8.51. The zero-order chi connectivity index (χ0) is 13.0. The maximum atomic E-state index is 11.9. The quantitative estimate of drug-likeness (QED) is 0.826. The van der Waals surface area contributed by atoms with Crippen LogP contribution in [-0.4, -0.2) is 29.9 Å². The number of benzene rings is 1. The van der Waals surface area contributed by atoms with Crippen molar-refractivity contribution in [2.45, 2.75) is 19.8 Å². The SMILES string of the molecule is CC1CCN(C(=O)NC(=O)c2ccccc2)CC1. The first-order chi connectivity index (χ1) is 8.66. The van der Waals surface area contributed by atoms with E-state index in [1.165, 1.54) is 0 Å². The molecule has 96 valence electrons. The molecule has 1 aromatic rings. The molecule has 18 heavy (non-hydrogen) atoms. The van der Waals surface area contributed by atoms with Crippen LogP contribution in [0, 0.1) is 5.92 Å². The standard InChI is InChI=1S/C14H18N2O2/c1-11-7-9-16(10-8-11)14(18)15-13(17)12-5-3-2-4-6-12/h2-6,11H,7-10H2,1H3,(H,15,17,18). The van der Waals surface area contributed by atoms with Gasteiger partial charge >= 0.3 is 6.03 Å². The molecule has 1 heterocycles. The van der Waals surface area contributed by atoms with Crippen LogP contribution in [0.2, 0.25) is 0 Å². The van der Waals surface area contributed by atoms with Crippen LogP contribution in [-0.2, 0) is 0 Å². The summed E-state index contributed by atoms with van der Waals surface area (Å²) in [6.07, 6.45) is 2.01. The van der Waals surface area contributed by atoms with E-state index in [0.717, 1.165) is 25.9 Å². The molecule has 0 aromatic heterocycles. The van der Waals surface area contributed by atoms with E-state index in [9.17, 15) is 9.59 Å². The van der Waals surface area contributed by atoms with Gasteiger partial charge in [0.25, 0.3) is 5.91 Å². The second kappa shape index (κ2) is 5.67. The van der Waals surface area contributed by atoms with Crippen molar-refractivity contribution in [3.8, 4) is 0 Å². The van der Waals surface area contributed by atoms with Crippen LogP contribution < -0.4 is 5.32 Å². The maximum absolute atomic E-state index is 11.9. The minimum atomic E-state index is -0.334. The monoisotopic (exact) mass is 246 g/mol. The van der Waals surface area contributed by atoms with Crippen molar-refractivity contribution in [2.75, 3.05) is 13.1 Å². The number of likely N-dealkylation sites (tertiary alicyclic amines) is 1. The van der Waals surface area contributed by atoms with Crippen LogP contribution in [0.3, 0.4) is 0 Å². The highest BCUT2D eigenvalue weighted by molar-refractivity contribution is 6.04. The summed E-state index contributed by atoms with van der Waals surface area (Å²) in [5.74, 6) is 0.332. The molecular formula is C14H18N2O2. The van der Waals surface area contributed by atoms with Crippen molar-refractivity contribution >= 4 is 11.9 Å². The first-order valence-corrected chi connectivity index (χ1v) is 6.32. The van der Waals surface area contributed by atoms with E-state index in [0.29, 0.717) is 11.5 Å². The lowest BCUT2D eigenvalue weighted by molar-refractivity contribution is 0.0946. The van der Waals surface area contributed by atoms with E-state index in [-0.39, 0.29) is 11.9 Å². The van der Waals surface area contributed by atoms with Gasteiger partial charge in [-0.2, -0.15) is 0 Å². The first kappa shape index (κ1) is 12.6. The van der Waals surface area contributed by atoms with E-state index in [1.807, 2.05) is 6.07 Å². The summed E-state index contributed by atoms with van der Waals surface area (Å²) in [6.45, 7) is 3.65. The Morgan fingerprint density at radius 3 is 2.39 bits per heavy atom. The van der Waals surface area contributed by atoms with Gasteiger partial charge in [-0.25, -0.2) is 4.79 Å². The highest BCUT2D eigenvalue weighted by atomic mass is 16.2. The van der Waals surface area contributed by atoms with Crippen LogP contribution in [0.1, 0.15) is 30.1 Å². The molecule has 1 fully saturated rings. The molecule has 1 N–H and O–H groups in total. The normalized spacial score (nSPS) is 16.4. The van der Waals surface area contributed by atoms with Gasteiger partial charge in [0.2, 0.25) is 0 Å². The van der Waals surface area contributed by atoms with Crippen molar-refractivity contribution in [3.63, 3.8) is 0 Å². The Morgan fingerprint density at radius 1 is 1.17 bits per heavy atom. The fraction of sp³-hybridized carbons (Fsp3) is 0.429. The van der Waals surface area contributed by atoms with E-state index >= 15 is 0 Å². The number of piperidine rings is 1. The summed E-state index contributed by atoms with van der Waals surface area (Å²) in [5.41, 5.74) is 0.510. The molecule has 0 unspecified atom stereocenters. The van der Waals surface area contributed by atoms with Gasteiger partial charge in [0.15, 0.2) is 0 Å². The summed E-state index contributed by atoms with van der Waals surface area (Å²) in [5, 5.41) is 2.43. The molecule has 0 bridgehead atoms. The second-order valence-electron chi connectivity index (χ2n) is 4.79. The van der Waals surface area contributed by atoms with Gasteiger partial charge in [0.05, 0.1) is 0 Å². The van der Waals surface area contributed by atoms with Gasteiger partial charge < -0.3 is 4.90 Å². The van der Waals surface area contributed by atoms with Crippen LogP contribution in [0.25, 0.3) is 0 Å². The molecule has 1 aliphatic heterocycles. The number of nitrogens with one attached hydrogen (secondary N) is 1. The summed E-state index contributed by atoms with van der Waals surface area (Å²) < 4.78 is 0. The third-order valence-electron chi connectivity index (χ3n) is 3.33. The molecule has 0 aliphatic carbocycles. The Kier molecular flexibility index (Phi) is 3.97. The zero-order valence-corrected chi connectivity index (χ0v) is 10.6. The van der Waals surface area contributed by atoms with Gasteiger partial charge in [-0.05, 0) is 30.9 Å². The smallest absolute Gasteiger partial charge is 0.324 e. The number of hydrogen-bond acceptors (Lipinski definition) is 2. The highest BCUT2D eigenvalue weighted by Crippen LogP contribution is 2.15. The van der Waals surface area contributed by atoms with Gasteiger partial charge in [-0.15, -0.1) is 0 Å². The van der Waals surface area contributed by atoms with E-state index in [1.54, 1.807) is 29.2 Å². The molecule has 4 heteroatoms. The molecule has 1 aliphatic rings. The number of carbonyl (C=O) groups excluding carboxylic acids is 2. The third-order valence-corrected chi connectivity index (χ3v) is 3.33. The largest absolute Gasteiger partial charge is 0.324 e. The minimum absolute atomic E-state index is 0.282. The number of urea groups is 1. The average molecular weight is 246 g/mol. The zero-order valence-electron chi connectivity index (χ0n) is 10.6. The Labute approximate surface area is 107 Å². The lowest BCUT2D eigenvalue weighted by atomic mass is 10.00. The summed E-state index contributed by atoms with van der Waals surface area (Å²) in [4.78, 5) is 25.4. The number of nitrogens with zero attached hydrogens (tertiary/aromatic N) is 1. The Bertz CT molecular complexity index is 423. The molecule has 1 saturated heterocycles. The molecule has 0 spiro atoms. The molecule has 1 aromatic carbocycles. The van der Waals surface area contributed by atoms with Crippen molar-refractivity contribution in [3.05, 3.63) is 35.9 Å². The van der Waals surface area contributed by atoms with Gasteiger partial charge in [-0.3, -0.25) is 10.1 Å².